The Morgan fingerprint density at radius 1 is 1.48 bits per heavy atom. The standard InChI is InChI=1S/C14H20ClN3O3/c1-18(9-14(19)4-6-21-7-5-14)12-8-10(15)2-3-11(12)13(16)17-20/h2-3,8,19-20H,4-7,9H2,1H3,(H2,16,17). The van der Waals surface area contributed by atoms with Gasteiger partial charge in [0, 0.05) is 55.9 Å². The van der Waals surface area contributed by atoms with Crippen LogP contribution < -0.4 is 10.6 Å². The minimum atomic E-state index is -0.808. The molecule has 1 heterocycles. The number of rotatable bonds is 4. The van der Waals surface area contributed by atoms with Crippen molar-refractivity contribution in [3.8, 4) is 0 Å². The number of hydrogen-bond acceptors (Lipinski definition) is 5. The van der Waals surface area contributed by atoms with Gasteiger partial charge in [-0.2, -0.15) is 0 Å². The summed E-state index contributed by atoms with van der Waals surface area (Å²) in [5, 5.41) is 23.1. The van der Waals surface area contributed by atoms with Gasteiger partial charge in [-0.25, -0.2) is 0 Å². The third kappa shape index (κ3) is 3.78. The molecule has 1 aromatic rings. The molecule has 116 valence electrons. The van der Waals surface area contributed by atoms with Gasteiger partial charge in [0.2, 0.25) is 0 Å². The molecule has 1 fully saturated rings. The van der Waals surface area contributed by atoms with Crippen LogP contribution in [0.3, 0.4) is 0 Å². The van der Waals surface area contributed by atoms with Crippen LogP contribution in [0.5, 0.6) is 0 Å². The molecule has 7 heteroatoms. The zero-order chi connectivity index (χ0) is 15.5. The third-order valence-electron chi connectivity index (χ3n) is 3.71. The first-order valence-electron chi connectivity index (χ1n) is 6.74. The quantitative estimate of drug-likeness (QED) is 0.338. The lowest BCUT2D eigenvalue weighted by atomic mass is 9.93. The highest BCUT2D eigenvalue weighted by Crippen LogP contribution is 2.28. The fourth-order valence-corrected chi connectivity index (χ4v) is 2.69. The van der Waals surface area contributed by atoms with E-state index < -0.39 is 5.60 Å². The van der Waals surface area contributed by atoms with Crippen molar-refractivity contribution in [1.82, 2.24) is 0 Å². The molecule has 0 amide bonds. The molecule has 0 aromatic heterocycles. The summed E-state index contributed by atoms with van der Waals surface area (Å²) in [6.07, 6.45) is 1.16. The lowest BCUT2D eigenvalue weighted by Gasteiger charge is -2.36. The molecule has 0 spiro atoms. The molecule has 1 saturated heterocycles. The third-order valence-corrected chi connectivity index (χ3v) is 3.94. The predicted octanol–water partition coefficient (Wildman–Crippen LogP) is 1.41. The molecule has 0 aliphatic carbocycles. The minimum absolute atomic E-state index is 0.00693. The summed E-state index contributed by atoms with van der Waals surface area (Å²) in [6, 6.07) is 5.10. The number of likely N-dealkylation sites (N-methyl/N-ethyl adjacent to an activating group) is 1. The Kier molecular flexibility index (Phi) is 4.92. The molecular weight excluding hydrogens is 294 g/mol. The fraction of sp³-hybridized carbons (Fsp3) is 0.500. The van der Waals surface area contributed by atoms with Gasteiger partial charge in [0.05, 0.1) is 5.60 Å². The number of anilines is 1. The summed E-state index contributed by atoms with van der Waals surface area (Å²) in [5.41, 5.74) is 6.16. The van der Waals surface area contributed by atoms with Crippen LogP contribution in [-0.4, -0.2) is 48.6 Å². The number of nitrogens with zero attached hydrogens (tertiary/aromatic N) is 2. The van der Waals surface area contributed by atoms with Gasteiger partial charge in [0.1, 0.15) is 0 Å². The van der Waals surface area contributed by atoms with Crippen molar-refractivity contribution < 1.29 is 15.1 Å². The van der Waals surface area contributed by atoms with E-state index in [-0.39, 0.29) is 5.84 Å². The van der Waals surface area contributed by atoms with E-state index in [1.165, 1.54) is 0 Å². The van der Waals surface area contributed by atoms with Crippen LogP contribution in [0.4, 0.5) is 5.69 Å². The number of benzene rings is 1. The van der Waals surface area contributed by atoms with Gasteiger partial charge >= 0.3 is 0 Å². The average Bonchev–Trinajstić information content (AvgIpc) is 2.46. The lowest BCUT2D eigenvalue weighted by molar-refractivity contribution is -0.0572. The van der Waals surface area contributed by atoms with Crippen molar-refractivity contribution in [1.29, 1.82) is 0 Å². The predicted molar refractivity (Wildman–Crippen MR) is 82.2 cm³/mol. The van der Waals surface area contributed by atoms with E-state index in [0.717, 1.165) is 0 Å². The molecule has 0 bridgehead atoms. The maximum atomic E-state index is 10.6. The average molecular weight is 314 g/mol. The van der Waals surface area contributed by atoms with Crippen LogP contribution >= 0.6 is 11.6 Å². The number of halogens is 1. The highest BCUT2D eigenvalue weighted by Gasteiger charge is 2.31. The number of oxime groups is 1. The van der Waals surface area contributed by atoms with E-state index in [9.17, 15) is 5.11 Å². The van der Waals surface area contributed by atoms with Crippen LogP contribution in [0, 0.1) is 0 Å². The van der Waals surface area contributed by atoms with E-state index in [1.54, 1.807) is 18.2 Å². The molecule has 4 N–H and O–H groups in total. The van der Waals surface area contributed by atoms with Crippen molar-refractivity contribution in [2.24, 2.45) is 10.9 Å². The Morgan fingerprint density at radius 2 is 2.14 bits per heavy atom. The first-order valence-corrected chi connectivity index (χ1v) is 7.12. The topological polar surface area (TPSA) is 91.3 Å². The van der Waals surface area contributed by atoms with Crippen molar-refractivity contribution in [3.05, 3.63) is 28.8 Å². The Balaban J connectivity index is 2.25. The lowest BCUT2D eigenvalue weighted by Crippen LogP contribution is -2.46. The van der Waals surface area contributed by atoms with E-state index in [1.807, 2.05) is 11.9 Å². The van der Waals surface area contributed by atoms with Crippen molar-refractivity contribution in [2.45, 2.75) is 18.4 Å². The summed E-state index contributed by atoms with van der Waals surface area (Å²) in [7, 11) is 1.84. The van der Waals surface area contributed by atoms with Crippen molar-refractivity contribution >= 4 is 23.1 Å². The molecular formula is C14H20ClN3O3. The molecule has 0 unspecified atom stereocenters. The summed E-state index contributed by atoms with van der Waals surface area (Å²) < 4.78 is 5.28. The van der Waals surface area contributed by atoms with Gasteiger partial charge in [-0.05, 0) is 18.2 Å². The Labute approximate surface area is 128 Å². The van der Waals surface area contributed by atoms with Gasteiger partial charge in [-0.1, -0.05) is 16.8 Å². The van der Waals surface area contributed by atoms with Crippen molar-refractivity contribution in [2.75, 3.05) is 31.7 Å². The summed E-state index contributed by atoms with van der Waals surface area (Å²) in [4.78, 5) is 1.87. The van der Waals surface area contributed by atoms with Crippen LogP contribution in [0.1, 0.15) is 18.4 Å². The molecule has 1 aliphatic rings. The highest BCUT2D eigenvalue weighted by atomic mass is 35.5. The number of amidine groups is 1. The van der Waals surface area contributed by atoms with Gasteiger partial charge in [0.25, 0.3) is 0 Å². The van der Waals surface area contributed by atoms with Crippen LogP contribution in [0.2, 0.25) is 5.02 Å². The minimum Gasteiger partial charge on any atom is -0.409 e. The molecule has 2 rings (SSSR count). The molecule has 0 radical (unpaired) electrons. The zero-order valence-electron chi connectivity index (χ0n) is 11.9. The SMILES string of the molecule is CN(CC1(O)CCOCC1)c1cc(Cl)ccc1/C(N)=N/O. The van der Waals surface area contributed by atoms with Gasteiger partial charge in [0.15, 0.2) is 5.84 Å². The molecule has 21 heavy (non-hydrogen) atoms. The molecule has 0 saturated carbocycles. The summed E-state index contributed by atoms with van der Waals surface area (Å²) in [6.45, 7) is 1.52. The van der Waals surface area contributed by atoms with Crippen LogP contribution in [0.25, 0.3) is 0 Å². The number of nitrogens with two attached hydrogens (primary N) is 1. The maximum Gasteiger partial charge on any atom is 0.172 e. The second-order valence-corrected chi connectivity index (χ2v) is 5.78. The molecule has 0 atom stereocenters. The first-order chi connectivity index (χ1) is 9.95. The van der Waals surface area contributed by atoms with Crippen molar-refractivity contribution in [3.63, 3.8) is 0 Å². The Bertz CT molecular complexity index is 530. The summed E-state index contributed by atoms with van der Waals surface area (Å²) in [5.74, 6) is 0.00693. The maximum absolute atomic E-state index is 10.6. The van der Waals surface area contributed by atoms with E-state index in [4.69, 9.17) is 27.3 Å². The van der Waals surface area contributed by atoms with E-state index >= 15 is 0 Å². The smallest absolute Gasteiger partial charge is 0.172 e. The molecule has 6 nitrogen and oxygen atoms in total. The largest absolute Gasteiger partial charge is 0.409 e. The Hall–Kier alpha value is -1.50. The zero-order valence-corrected chi connectivity index (χ0v) is 12.7. The van der Waals surface area contributed by atoms with Gasteiger partial charge < -0.3 is 25.7 Å². The number of aliphatic hydroxyl groups is 1. The first kappa shape index (κ1) is 15.9. The molecule has 1 aliphatic heterocycles. The van der Waals surface area contributed by atoms with E-state index in [2.05, 4.69) is 5.16 Å². The fourth-order valence-electron chi connectivity index (χ4n) is 2.53. The summed E-state index contributed by atoms with van der Waals surface area (Å²) >= 11 is 6.03. The monoisotopic (exact) mass is 313 g/mol. The normalized spacial score (nSPS) is 18.5. The second-order valence-electron chi connectivity index (χ2n) is 5.34. The van der Waals surface area contributed by atoms with Gasteiger partial charge in [-0.3, -0.25) is 0 Å². The number of ether oxygens (including phenoxy) is 1. The molecule has 1 aromatic carbocycles. The highest BCUT2D eigenvalue weighted by molar-refractivity contribution is 6.31. The van der Waals surface area contributed by atoms with Crippen LogP contribution in [-0.2, 0) is 4.74 Å². The van der Waals surface area contributed by atoms with Gasteiger partial charge in [-0.15, -0.1) is 0 Å². The Morgan fingerprint density at radius 3 is 2.76 bits per heavy atom. The van der Waals surface area contributed by atoms with Crippen LogP contribution in [0.15, 0.2) is 23.4 Å². The van der Waals surface area contributed by atoms with E-state index in [0.29, 0.717) is 48.9 Å². The number of hydrogen-bond donors (Lipinski definition) is 3. The second kappa shape index (κ2) is 6.51.